The third-order valence-electron chi connectivity index (χ3n) is 6.97. The molecule has 2 bridgehead atoms. The Labute approximate surface area is 168 Å². The molecule has 4 rings (SSSR count). The average Bonchev–Trinajstić information content (AvgIpc) is 3.34. The average molecular weight is 384 g/mol. The molecule has 3 aliphatic heterocycles. The van der Waals surface area contributed by atoms with Gasteiger partial charge in [0.05, 0.1) is 11.7 Å². The maximum Gasteiger partial charge on any atom is 0.269 e. The van der Waals surface area contributed by atoms with E-state index < -0.39 is 0 Å². The van der Waals surface area contributed by atoms with Crippen molar-refractivity contribution in [1.29, 1.82) is 0 Å². The highest BCUT2D eigenvalue weighted by Gasteiger charge is 2.62. The summed E-state index contributed by atoms with van der Waals surface area (Å²) in [6.45, 7) is 10.3. The van der Waals surface area contributed by atoms with Crippen molar-refractivity contribution in [3.63, 3.8) is 0 Å². The molecule has 1 aromatic rings. The lowest BCUT2D eigenvalue weighted by molar-refractivity contribution is 0.00290. The molecule has 4 atom stereocenters. The van der Waals surface area contributed by atoms with Gasteiger partial charge in [-0.15, -0.1) is 0 Å². The van der Waals surface area contributed by atoms with E-state index in [1.807, 2.05) is 19.1 Å². The molecule has 1 amide bonds. The van der Waals surface area contributed by atoms with Crippen LogP contribution in [0.3, 0.4) is 0 Å². The summed E-state index contributed by atoms with van der Waals surface area (Å²) in [7, 11) is 0. The number of ether oxygens (including phenoxy) is 1. The quantitative estimate of drug-likeness (QED) is 0.734. The smallest absolute Gasteiger partial charge is 0.269 e. The Bertz CT molecular complexity index is 762. The van der Waals surface area contributed by atoms with Crippen molar-refractivity contribution in [3.05, 3.63) is 41.2 Å². The molecule has 0 aliphatic carbocycles. The van der Waals surface area contributed by atoms with E-state index in [2.05, 4.69) is 35.1 Å². The van der Waals surface area contributed by atoms with E-state index in [0.29, 0.717) is 30.2 Å². The minimum absolute atomic E-state index is 0.0329. The van der Waals surface area contributed by atoms with Crippen LogP contribution in [-0.2, 0) is 4.74 Å². The van der Waals surface area contributed by atoms with Gasteiger partial charge in [0, 0.05) is 43.7 Å². The monoisotopic (exact) mass is 383 g/mol. The number of aryl methyl sites for hydroxylation is 1. The number of pyridine rings is 1. The van der Waals surface area contributed by atoms with Gasteiger partial charge in [-0.2, -0.15) is 0 Å². The maximum absolute atomic E-state index is 12.5. The second-order valence-corrected chi connectivity index (χ2v) is 8.83. The lowest BCUT2D eigenvalue weighted by Gasteiger charge is -2.29. The predicted octanol–water partition coefficient (Wildman–Crippen LogP) is 3.35. The summed E-state index contributed by atoms with van der Waals surface area (Å²) in [4.78, 5) is 19.4. The van der Waals surface area contributed by atoms with Crippen LogP contribution in [-0.4, -0.2) is 53.7 Å². The van der Waals surface area contributed by atoms with E-state index in [4.69, 9.17) is 4.74 Å². The topological polar surface area (TPSA) is 54.5 Å². The Hall–Kier alpha value is -1.72. The van der Waals surface area contributed by atoms with Gasteiger partial charge in [-0.3, -0.25) is 9.69 Å². The number of hydrogen-bond donors (Lipinski definition) is 1. The second kappa shape index (κ2) is 7.96. The third kappa shape index (κ3) is 3.74. The van der Waals surface area contributed by atoms with Crippen molar-refractivity contribution < 1.29 is 9.53 Å². The predicted molar refractivity (Wildman–Crippen MR) is 110 cm³/mol. The molecule has 1 spiro atoms. The molecule has 152 valence electrons. The van der Waals surface area contributed by atoms with Crippen LogP contribution in [0.5, 0.6) is 0 Å². The zero-order chi connectivity index (χ0) is 19.7. The number of carbonyl (C=O) groups excluding carboxylic acids is 1. The maximum atomic E-state index is 12.5. The molecule has 3 aliphatic rings. The van der Waals surface area contributed by atoms with Crippen LogP contribution < -0.4 is 5.32 Å². The molecule has 3 fully saturated rings. The van der Waals surface area contributed by atoms with Crippen LogP contribution in [0.1, 0.15) is 55.7 Å². The van der Waals surface area contributed by atoms with Crippen molar-refractivity contribution in [3.8, 4) is 0 Å². The number of hydrogen-bond acceptors (Lipinski definition) is 4. The lowest BCUT2D eigenvalue weighted by atomic mass is 9.73. The number of nitrogens with zero attached hydrogens (tertiary/aromatic N) is 2. The largest absolute Gasteiger partial charge is 0.370 e. The zero-order valence-corrected chi connectivity index (χ0v) is 17.4. The summed E-state index contributed by atoms with van der Waals surface area (Å²) in [6.07, 6.45) is 7.23. The number of rotatable bonds is 7. The SMILES string of the molecule is CCC(C)=CCCN1C[C@@H]2[C@H](CNC(=O)c3cccc(C)n3)[C@H]3CC[C@]2(C1)O3. The van der Waals surface area contributed by atoms with E-state index in [0.717, 1.165) is 44.6 Å². The van der Waals surface area contributed by atoms with Gasteiger partial charge in [-0.25, -0.2) is 4.98 Å². The molecule has 5 nitrogen and oxygen atoms in total. The van der Waals surface area contributed by atoms with E-state index in [1.165, 1.54) is 12.0 Å². The fourth-order valence-corrected chi connectivity index (χ4v) is 5.34. The summed E-state index contributed by atoms with van der Waals surface area (Å²) in [5, 5.41) is 3.13. The van der Waals surface area contributed by atoms with Crippen LogP contribution in [0.25, 0.3) is 0 Å². The number of amides is 1. The molecule has 1 aromatic heterocycles. The van der Waals surface area contributed by atoms with Gasteiger partial charge in [0.2, 0.25) is 0 Å². The fraction of sp³-hybridized carbons (Fsp3) is 0.652. The molecule has 28 heavy (non-hydrogen) atoms. The van der Waals surface area contributed by atoms with E-state index >= 15 is 0 Å². The van der Waals surface area contributed by atoms with Gasteiger partial charge in [-0.1, -0.05) is 24.6 Å². The van der Waals surface area contributed by atoms with Gasteiger partial charge in [-0.05, 0) is 51.7 Å². The van der Waals surface area contributed by atoms with E-state index in [9.17, 15) is 4.79 Å². The van der Waals surface area contributed by atoms with Crippen LogP contribution in [0.2, 0.25) is 0 Å². The normalized spacial score (nSPS) is 32.0. The molecular weight excluding hydrogens is 350 g/mol. The molecule has 0 radical (unpaired) electrons. The number of nitrogens with one attached hydrogen (secondary N) is 1. The highest BCUT2D eigenvalue weighted by molar-refractivity contribution is 5.92. The highest BCUT2D eigenvalue weighted by Crippen LogP contribution is 2.54. The number of fused-ring (bicyclic) bond motifs is 1. The standard InChI is InChI=1S/C23H33N3O2/c1-4-16(2)7-6-12-26-14-19-18(21-10-11-23(19,15-26)28-21)13-24-22(27)20-9-5-8-17(3)25-20/h5,7-9,18-19,21H,4,6,10-15H2,1-3H3,(H,24,27)/t18-,19+,21+,23+/m0/s1. The molecule has 1 N–H and O–H groups in total. The van der Waals surface area contributed by atoms with Crippen molar-refractivity contribution in [2.45, 2.75) is 58.2 Å². The molecule has 5 heteroatoms. The van der Waals surface area contributed by atoms with E-state index in [1.54, 1.807) is 6.07 Å². The second-order valence-electron chi connectivity index (χ2n) is 8.83. The molecule has 4 heterocycles. The Kier molecular flexibility index (Phi) is 5.57. The summed E-state index contributed by atoms with van der Waals surface area (Å²) < 4.78 is 6.51. The minimum atomic E-state index is -0.0736. The summed E-state index contributed by atoms with van der Waals surface area (Å²) in [5.74, 6) is 0.879. The summed E-state index contributed by atoms with van der Waals surface area (Å²) in [5.41, 5.74) is 2.88. The van der Waals surface area contributed by atoms with Gasteiger partial charge in [0.15, 0.2) is 0 Å². The first kappa shape index (κ1) is 19.6. The van der Waals surface area contributed by atoms with Crippen molar-refractivity contribution in [2.24, 2.45) is 11.8 Å². The Morgan fingerprint density at radius 2 is 2.32 bits per heavy atom. The fourth-order valence-electron chi connectivity index (χ4n) is 5.34. The minimum Gasteiger partial charge on any atom is -0.370 e. The zero-order valence-electron chi connectivity index (χ0n) is 17.4. The summed E-state index contributed by atoms with van der Waals surface area (Å²) >= 11 is 0. The number of likely N-dealkylation sites (tertiary alicyclic amines) is 1. The highest BCUT2D eigenvalue weighted by atomic mass is 16.5. The lowest BCUT2D eigenvalue weighted by Crippen LogP contribution is -2.42. The molecule has 3 saturated heterocycles. The first-order valence-electron chi connectivity index (χ1n) is 10.8. The third-order valence-corrected chi connectivity index (χ3v) is 6.97. The first-order chi connectivity index (χ1) is 13.5. The van der Waals surface area contributed by atoms with Crippen LogP contribution in [0.4, 0.5) is 0 Å². The van der Waals surface area contributed by atoms with Gasteiger partial charge >= 0.3 is 0 Å². The Morgan fingerprint density at radius 3 is 3.11 bits per heavy atom. The Balaban J connectivity index is 1.35. The van der Waals surface area contributed by atoms with Gasteiger partial charge in [0.1, 0.15) is 5.69 Å². The molecular formula is C23H33N3O2. The molecule has 0 aromatic carbocycles. The van der Waals surface area contributed by atoms with Gasteiger partial charge in [0.25, 0.3) is 5.91 Å². The van der Waals surface area contributed by atoms with Crippen molar-refractivity contribution in [1.82, 2.24) is 15.2 Å². The van der Waals surface area contributed by atoms with Crippen LogP contribution >= 0.6 is 0 Å². The Morgan fingerprint density at radius 1 is 1.46 bits per heavy atom. The van der Waals surface area contributed by atoms with Crippen molar-refractivity contribution >= 4 is 5.91 Å². The van der Waals surface area contributed by atoms with Gasteiger partial charge < -0.3 is 10.1 Å². The van der Waals surface area contributed by atoms with Crippen LogP contribution in [0.15, 0.2) is 29.8 Å². The number of allylic oxidation sites excluding steroid dienone is 1. The first-order valence-corrected chi connectivity index (χ1v) is 10.8. The van der Waals surface area contributed by atoms with E-state index in [-0.39, 0.29) is 11.5 Å². The molecule has 0 unspecified atom stereocenters. The van der Waals surface area contributed by atoms with Crippen molar-refractivity contribution in [2.75, 3.05) is 26.2 Å². The number of aromatic nitrogens is 1. The summed E-state index contributed by atoms with van der Waals surface area (Å²) in [6, 6.07) is 5.58. The molecule has 0 saturated carbocycles. The number of carbonyl (C=O) groups is 1. The van der Waals surface area contributed by atoms with Crippen LogP contribution in [0, 0.1) is 18.8 Å².